The van der Waals surface area contributed by atoms with Gasteiger partial charge in [-0.15, -0.1) is 5.10 Å². The molecule has 0 atom stereocenters. The van der Waals surface area contributed by atoms with E-state index in [0.29, 0.717) is 29.0 Å². The first-order valence-electron chi connectivity index (χ1n) is 7.43. The van der Waals surface area contributed by atoms with E-state index in [0.717, 1.165) is 12.1 Å². The zero-order chi connectivity index (χ0) is 18.7. The largest absolute Gasteiger partial charge is 0.493 e. The smallest absolute Gasteiger partial charge is 0.261 e. The SMILES string of the molecule is COc1ccc(-c2nc(NC(=O)c3ccc(F)cc3F)n[nH]2)cc1OC. The van der Waals surface area contributed by atoms with Crippen LogP contribution in [0, 0.1) is 11.6 Å². The zero-order valence-corrected chi connectivity index (χ0v) is 13.8. The van der Waals surface area contributed by atoms with Crippen molar-refractivity contribution in [1.29, 1.82) is 0 Å². The summed E-state index contributed by atoms with van der Waals surface area (Å²) in [6.07, 6.45) is 0. The maximum absolute atomic E-state index is 13.7. The Balaban J connectivity index is 1.81. The molecule has 7 nitrogen and oxygen atoms in total. The predicted molar refractivity (Wildman–Crippen MR) is 89.2 cm³/mol. The van der Waals surface area contributed by atoms with E-state index < -0.39 is 17.5 Å². The molecule has 0 aliphatic carbocycles. The molecule has 1 amide bonds. The minimum Gasteiger partial charge on any atom is -0.493 e. The van der Waals surface area contributed by atoms with Gasteiger partial charge in [0.1, 0.15) is 11.6 Å². The van der Waals surface area contributed by atoms with Gasteiger partial charge in [0.15, 0.2) is 17.3 Å². The number of aromatic nitrogens is 3. The van der Waals surface area contributed by atoms with Gasteiger partial charge in [-0.25, -0.2) is 8.78 Å². The van der Waals surface area contributed by atoms with Crippen molar-refractivity contribution < 1.29 is 23.0 Å². The fraction of sp³-hybridized carbons (Fsp3) is 0.118. The normalized spacial score (nSPS) is 10.5. The van der Waals surface area contributed by atoms with E-state index in [1.165, 1.54) is 14.2 Å². The molecule has 2 N–H and O–H groups in total. The summed E-state index contributed by atoms with van der Waals surface area (Å²) < 4.78 is 37.0. The fourth-order valence-electron chi connectivity index (χ4n) is 2.27. The number of nitrogens with zero attached hydrogens (tertiary/aromatic N) is 2. The minimum atomic E-state index is -0.974. The number of anilines is 1. The van der Waals surface area contributed by atoms with Crippen LogP contribution in [0.15, 0.2) is 36.4 Å². The fourth-order valence-corrected chi connectivity index (χ4v) is 2.27. The van der Waals surface area contributed by atoms with E-state index in [2.05, 4.69) is 20.5 Å². The molecule has 2 aromatic carbocycles. The van der Waals surface area contributed by atoms with Gasteiger partial charge in [-0.1, -0.05) is 0 Å². The molecule has 1 aromatic heterocycles. The Hall–Kier alpha value is -3.49. The lowest BCUT2D eigenvalue weighted by molar-refractivity contribution is 0.102. The quantitative estimate of drug-likeness (QED) is 0.730. The minimum absolute atomic E-state index is 0.0523. The molecule has 1 heterocycles. The van der Waals surface area contributed by atoms with Crippen LogP contribution in [0.2, 0.25) is 0 Å². The number of nitrogens with one attached hydrogen (secondary N) is 2. The number of amides is 1. The van der Waals surface area contributed by atoms with Crippen LogP contribution in [0.1, 0.15) is 10.4 Å². The van der Waals surface area contributed by atoms with Gasteiger partial charge in [-0.2, -0.15) is 4.98 Å². The first-order chi connectivity index (χ1) is 12.5. The summed E-state index contributed by atoms with van der Waals surface area (Å²) in [7, 11) is 3.03. The van der Waals surface area contributed by atoms with Crippen LogP contribution >= 0.6 is 0 Å². The van der Waals surface area contributed by atoms with Crippen molar-refractivity contribution in [2.75, 3.05) is 19.5 Å². The van der Waals surface area contributed by atoms with Crippen LogP contribution in [-0.2, 0) is 0 Å². The summed E-state index contributed by atoms with van der Waals surface area (Å²) in [5.41, 5.74) is 0.326. The van der Waals surface area contributed by atoms with Gasteiger partial charge in [0.2, 0.25) is 5.95 Å². The summed E-state index contributed by atoms with van der Waals surface area (Å²) >= 11 is 0. The predicted octanol–water partition coefficient (Wildman–Crippen LogP) is 3.02. The van der Waals surface area contributed by atoms with Crippen molar-refractivity contribution in [2.45, 2.75) is 0 Å². The lowest BCUT2D eigenvalue weighted by Crippen LogP contribution is -2.14. The van der Waals surface area contributed by atoms with Crippen molar-refractivity contribution in [3.63, 3.8) is 0 Å². The molecule has 0 fully saturated rings. The lowest BCUT2D eigenvalue weighted by atomic mass is 10.2. The zero-order valence-electron chi connectivity index (χ0n) is 13.8. The van der Waals surface area contributed by atoms with Crippen LogP contribution in [0.25, 0.3) is 11.4 Å². The second-order valence-electron chi connectivity index (χ2n) is 5.16. The van der Waals surface area contributed by atoms with Gasteiger partial charge in [0.05, 0.1) is 19.8 Å². The Morgan fingerprint density at radius 3 is 2.54 bits per heavy atom. The van der Waals surface area contributed by atoms with E-state index in [-0.39, 0.29) is 11.5 Å². The number of carbonyl (C=O) groups is 1. The molecule has 134 valence electrons. The highest BCUT2D eigenvalue weighted by Gasteiger charge is 2.16. The van der Waals surface area contributed by atoms with E-state index in [9.17, 15) is 13.6 Å². The maximum Gasteiger partial charge on any atom is 0.261 e. The van der Waals surface area contributed by atoms with Crippen LogP contribution in [0.5, 0.6) is 11.5 Å². The molecule has 9 heteroatoms. The number of rotatable bonds is 5. The Morgan fingerprint density at radius 2 is 1.85 bits per heavy atom. The average Bonchev–Trinajstić information content (AvgIpc) is 3.09. The molecular weight excluding hydrogens is 346 g/mol. The molecule has 0 aliphatic heterocycles. The second kappa shape index (κ2) is 7.18. The standard InChI is InChI=1S/C17H14F2N4O3/c1-25-13-6-3-9(7-14(13)26-2)15-20-17(23-22-15)21-16(24)11-5-4-10(18)8-12(11)19/h3-8H,1-2H3,(H2,20,21,22,23,24). The van der Waals surface area contributed by atoms with Gasteiger partial charge in [0.25, 0.3) is 5.91 Å². The van der Waals surface area contributed by atoms with Crippen LogP contribution in [0.3, 0.4) is 0 Å². The molecule has 0 aliphatic rings. The molecule has 0 bridgehead atoms. The average molecular weight is 360 g/mol. The Kier molecular flexibility index (Phi) is 4.78. The van der Waals surface area contributed by atoms with Gasteiger partial charge < -0.3 is 9.47 Å². The number of aromatic amines is 1. The van der Waals surface area contributed by atoms with Gasteiger partial charge >= 0.3 is 0 Å². The van der Waals surface area contributed by atoms with E-state index >= 15 is 0 Å². The molecule has 0 unspecified atom stereocenters. The number of H-pyrrole nitrogens is 1. The number of hydrogen-bond donors (Lipinski definition) is 2. The molecule has 0 spiro atoms. The van der Waals surface area contributed by atoms with Crippen molar-refractivity contribution in [3.8, 4) is 22.9 Å². The summed E-state index contributed by atoms with van der Waals surface area (Å²) in [5, 5.41) is 8.88. The third-order valence-corrected chi connectivity index (χ3v) is 3.54. The maximum atomic E-state index is 13.7. The lowest BCUT2D eigenvalue weighted by Gasteiger charge is -2.07. The van der Waals surface area contributed by atoms with Gasteiger partial charge in [0, 0.05) is 11.6 Å². The number of ether oxygens (including phenoxy) is 2. The highest BCUT2D eigenvalue weighted by atomic mass is 19.1. The number of halogens is 2. The molecule has 0 radical (unpaired) electrons. The highest BCUT2D eigenvalue weighted by molar-refractivity contribution is 6.03. The number of benzene rings is 2. The van der Waals surface area contributed by atoms with E-state index in [1.807, 2.05) is 0 Å². The Bertz CT molecular complexity index is 959. The molecular formula is C17H14F2N4O3. The third-order valence-electron chi connectivity index (χ3n) is 3.54. The van der Waals surface area contributed by atoms with E-state index in [4.69, 9.17) is 9.47 Å². The first-order valence-corrected chi connectivity index (χ1v) is 7.43. The van der Waals surface area contributed by atoms with Crippen molar-refractivity contribution in [2.24, 2.45) is 0 Å². The number of hydrogen-bond acceptors (Lipinski definition) is 5. The molecule has 3 aromatic rings. The van der Waals surface area contributed by atoms with Gasteiger partial charge in [-0.3, -0.25) is 15.2 Å². The van der Waals surface area contributed by atoms with Crippen molar-refractivity contribution in [3.05, 3.63) is 53.6 Å². The Morgan fingerprint density at radius 1 is 1.08 bits per heavy atom. The summed E-state index contributed by atoms with van der Waals surface area (Å²) in [5.74, 6) is -1.17. The second-order valence-corrected chi connectivity index (χ2v) is 5.16. The van der Waals surface area contributed by atoms with Crippen molar-refractivity contribution >= 4 is 11.9 Å². The van der Waals surface area contributed by atoms with Crippen LogP contribution in [0.4, 0.5) is 14.7 Å². The number of methoxy groups -OCH3 is 2. The topological polar surface area (TPSA) is 89.1 Å². The molecule has 0 saturated carbocycles. The van der Waals surface area contributed by atoms with Crippen molar-refractivity contribution in [1.82, 2.24) is 15.2 Å². The van der Waals surface area contributed by atoms with E-state index in [1.54, 1.807) is 18.2 Å². The monoisotopic (exact) mass is 360 g/mol. The summed E-state index contributed by atoms with van der Waals surface area (Å²) in [6.45, 7) is 0. The Labute approximate surface area is 147 Å². The highest BCUT2D eigenvalue weighted by Crippen LogP contribution is 2.31. The molecule has 0 saturated heterocycles. The molecule has 3 rings (SSSR count). The first kappa shape index (κ1) is 17.3. The third kappa shape index (κ3) is 3.46. The summed E-state index contributed by atoms with van der Waals surface area (Å²) in [4.78, 5) is 16.2. The van der Waals surface area contributed by atoms with Gasteiger partial charge in [-0.05, 0) is 30.3 Å². The van der Waals surface area contributed by atoms with Crippen LogP contribution < -0.4 is 14.8 Å². The van der Waals surface area contributed by atoms with Crippen LogP contribution in [-0.4, -0.2) is 35.3 Å². The summed E-state index contributed by atoms with van der Waals surface area (Å²) in [6, 6.07) is 7.77. The molecule has 26 heavy (non-hydrogen) atoms. The number of carbonyl (C=O) groups excluding carboxylic acids is 1.